The van der Waals surface area contributed by atoms with Crippen molar-refractivity contribution in [2.24, 2.45) is 0 Å². The summed E-state index contributed by atoms with van der Waals surface area (Å²) >= 11 is 0. The van der Waals surface area contributed by atoms with Crippen molar-refractivity contribution >= 4 is 18.4 Å². The van der Waals surface area contributed by atoms with Gasteiger partial charge in [0.2, 0.25) is 0 Å². The molecule has 14 heavy (non-hydrogen) atoms. The van der Waals surface area contributed by atoms with E-state index in [9.17, 15) is 14.4 Å². The van der Waals surface area contributed by atoms with Crippen LogP contribution in [0.4, 0.5) is 0 Å². The molecule has 0 aliphatic rings. The molecule has 5 nitrogen and oxygen atoms in total. The van der Waals surface area contributed by atoms with Crippen LogP contribution in [-0.2, 0) is 23.9 Å². The van der Waals surface area contributed by atoms with Gasteiger partial charge in [-0.2, -0.15) is 0 Å². The predicted octanol–water partition coefficient (Wildman–Crippen LogP) is 0.361. The largest absolute Gasteiger partial charge is 0.458 e. The smallest absolute Gasteiger partial charge is 0.334 e. The van der Waals surface area contributed by atoms with Crippen LogP contribution < -0.4 is 0 Å². The average Bonchev–Trinajstić information content (AvgIpc) is 2.14. The Balaban J connectivity index is 3.94. The van der Waals surface area contributed by atoms with Crippen molar-refractivity contribution in [1.82, 2.24) is 0 Å². The molecule has 0 aromatic rings. The van der Waals surface area contributed by atoms with Crippen LogP contribution in [0, 0.1) is 0 Å². The van der Waals surface area contributed by atoms with Crippen LogP contribution in [-0.4, -0.2) is 25.0 Å². The molecule has 0 unspecified atom stereocenters. The molecule has 0 bridgehead atoms. The Morgan fingerprint density at radius 3 is 2.50 bits per heavy atom. The predicted molar refractivity (Wildman–Crippen MR) is 47.1 cm³/mol. The van der Waals surface area contributed by atoms with Gasteiger partial charge in [0.1, 0.15) is 6.61 Å². The third-order valence-electron chi connectivity index (χ3n) is 1.16. The summed E-state index contributed by atoms with van der Waals surface area (Å²) in [6, 6.07) is 0. The topological polar surface area (TPSA) is 69.7 Å². The molecule has 0 rings (SSSR count). The van der Waals surface area contributed by atoms with E-state index in [0.717, 1.165) is 0 Å². The summed E-state index contributed by atoms with van der Waals surface area (Å²) < 4.78 is 8.54. The van der Waals surface area contributed by atoms with Gasteiger partial charge in [-0.25, -0.2) is 4.79 Å². The minimum Gasteiger partial charge on any atom is -0.458 e. The SMILES string of the molecule is C=CCOC(=O)C(=C)CC(=O)OC=O. The second kappa shape index (κ2) is 6.59. The molecule has 0 spiro atoms. The number of hydrogen-bond donors (Lipinski definition) is 0. The molecule has 0 aromatic carbocycles. The molecule has 5 heteroatoms. The lowest BCUT2D eigenvalue weighted by atomic mass is 10.2. The fraction of sp³-hybridized carbons (Fsp3) is 0.222. The molecule has 0 aromatic heterocycles. The lowest BCUT2D eigenvalue weighted by Gasteiger charge is -2.02. The van der Waals surface area contributed by atoms with E-state index in [2.05, 4.69) is 22.6 Å². The van der Waals surface area contributed by atoms with Crippen LogP contribution >= 0.6 is 0 Å². The zero-order valence-corrected chi connectivity index (χ0v) is 7.52. The van der Waals surface area contributed by atoms with Crippen molar-refractivity contribution < 1.29 is 23.9 Å². The van der Waals surface area contributed by atoms with Gasteiger partial charge in [-0.3, -0.25) is 9.59 Å². The van der Waals surface area contributed by atoms with E-state index in [1.54, 1.807) is 0 Å². The van der Waals surface area contributed by atoms with E-state index in [0.29, 0.717) is 0 Å². The highest BCUT2D eigenvalue weighted by Crippen LogP contribution is 2.02. The number of carbonyl (C=O) groups is 3. The normalized spacial score (nSPS) is 8.57. The standard InChI is InChI=1S/C9H10O5/c1-3-4-13-9(12)7(2)5-8(11)14-6-10/h3,6H,1-2,4-5H2. The summed E-state index contributed by atoms with van der Waals surface area (Å²) in [6.45, 7) is 6.67. The monoisotopic (exact) mass is 198 g/mol. The van der Waals surface area contributed by atoms with Gasteiger partial charge >= 0.3 is 18.4 Å². The van der Waals surface area contributed by atoms with Crippen molar-refractivity contribution in [3.63, 3.8) is 0 Å². The fourth-order valence-corrected chi connectivity index (χ4v) is 0.578. The lowest BCUT2D eigenvalue weighted by Crippen LogP contribution is -2.12. The first-order chi connectivity index (χ1) is 6.61. The third kappa shape index (κ3) is 4.87. The quantitative estimate of drug-likeness (QED) is 0.202. The van der Waals surface area contributed by atoms with E-state index >= 15 is 0 Å². The molecule has 0 fully saturated rings. The van der Waals surface area contributed by atoms with Crippen molar-refractivity contribution in [2.45, 2.75) is 6.42 Å². The average molecular weight is 198 g/mol. The summed E-state index contributed by atoms with van der Waals surface area (Å²) in [5.74, 6) is -1.56. The van der Waals surface area contributed by atoms with E-state index in [1.165, 1.54) is 6.08 Å². The Bertz CT molecular complexity index is 266. The number of rotatable bonds is 6. The van der Waals surface area contributed by atoms with Gasteiger partial charge in [-0.15, -0.1) is 0 Å². The maximum Gasteiger partial charge on any atom is 0.334 e. The molecular weight excluding hydrogens is 188 g/mol. The summed E-state index contributed by atoms with van der Waals surface area (Å²) in [5.41, 5.74) is -0.0706. The molecular formula is C9H10O5. The second-order valence-corrected chi connectivity index (χ2v) is 2.25. The summed E-state index contributed by atoms with van der Waals surface area (Å²) in [5, 5.41) is 0. The first kappa shape index (κ1) is 12.1. The third-order valence-corrected chi connectivity index (χ3v) is 1.16. The number of carbonyl (C=O) groups excluding carboxylic acids is 3. The first-order valence-electron chi connectivity index (χ1n) is 3.70. The van der Waals surface area contributed by atoms with Crippen LogP contribution in [0.15, 0.2) is 24.8 Å². The van der Waals surface area contributed by atoms with Gasteiger partial charge in [0.25, 0.3) is 0 Å². The lowest BCUT2D eigenvalue weighted by molar-refractivity contribution is -0.152. The summed E-state index contributed by atoms with van der Waals surface area (Å²) in [6.07, 6.45) is 1.02. The molecule has 0 radical (unpaired) electrons. The van der Waals surface area contributed by atoms with Crippen LogP contribution in [0.5, 0.6) is 0 Å². The van der Waals surface area contributed by atoms with Gasteiger partial charge in [0.15, 0.2) is 0 Å². The second-order valence-electron chi connectivity index (χ2n) is 2.25. The molecule has 0 N–H and O–H groups in total. The molecule has 76 valence electrons. The van der Waals surface area contributed by atoms with Crippen molar-refractivity contribution in [1.29, 1.82) is 0 Å². The first-order valence-corrected chi connectivity index (χ1v) is 3.70. The Morgan fingerprint density at radius 1 is 1.36 bits per heavy atom. The van der Waals surface area contributed by atoms with E-state index in [-0.39, 0.29) is 25.1 Å². The van der Waals surface area contributed by atoms with Gasteiger partial charge in [-0.05, 0) is 0 Å². The minimum absolute atomic E-state index is 0.00924. The minimum atomic E-state index is -0.847. The molecule has 0 aliphatic heterocycles. The molecule has 0 heterocycles. The zero-order valence-electron chi connectivity index (χ0n) is 7.52. The van der Waals surface area contributed by atoms with Crippen molar-refractivity contribution in [2.75, 3.05) is 6.61 Å². The summed E-state index contributed by atoms with van der Waals surface area (Å²) in [7, 11) is 0. The van der Waals surface area contributed by atoms with E-state index in [1.807, 2.05) is 0 Å². The zero-order chi connectivity index (χ0) is 11.0. The highest BCUT2D eigenvalue weighted by atomic mass is 16.6. The van der Waals surface area contributed by atoms with Crippen LogP contribution in [0.25, 0.3) is 0 Å². The maximum absolute atomic E-state index is 11.0. The van der Waals surface area contributed by atoms with E-state index in [4.69, 9.17) is 0 Å². The van der Waals surface area contributed by atoms with Crippen LogP contribution in [0.2, 0.25) is 0 Å². The molecule has 0 atom stereocenters. The van der Waals surface area contributed by atoms with Gasteiger partial charge < -0.3 is 9.47 Å². The van der Waals surface area contributed by atoms with Gasteiger partial charge in [0, 0.05) is 5.57 Å². The maximum atomic E-state index is 11.0. The van der Waals surface area contributed by atoms with Gasteiger partial charge in [0.05, 0.1) is 6.42 Å². The highest BCUT2D eigenvalue weighted by molar-refractivity contribution is 5.94. The molecule has 0 saturated carbocycles. The summed E-state index contributed by atoms with van der Waals surface area (Å²) in [4.78, 5) is 31.4. The van der Waals surface area contributed by atoms with Gasteiger partial charge in [-0.1, -0.05) is 19.2 Å². The number of ether oxygens (including phenoxy) is 2. The van der Waals surface area contributed by atoms with Crippen LogP contribution in [0.1, 0.15) is 6.42 Å². The Morgan fingerprint density at radius 2 is 2.00 bits per heavy atom. The molecule has 0 saturated heterocycles. The highest BCUT2D eigenvalue weighted by Gasteiger charge is 2.13. The van der Waals surface area contributed by atoms with Crippen LogP contribution in [0.3, 0.4) is 0 Å². The fourth-order valence-electron chi connectivity index (χ4n) is 0.578. The molecule has 0 amide bonds. The number of hydrogen-bond acceptors (Lipinski definition) is 5. The van der Waals surface area contributed by atoms with Crippen molar-refractivity contribution in [3.8, 4) is 0 Å². The van der Waals surface area contributed by atoms with E-state index < -0.39 is 11.9 Å². The van der Waals surface area contributed by atoms with Crippen molar-refractivity contribution in [3.05, 3.63) is 24.8 Å². The Kier molecular flexibility index (Phi) is 5.69. The Labute approximate surface area is 81.0 Å². The Hall–Kier alpha value is -1.91. The number of esters is 2. The molecule has 0 aliphatic carbocycles.